The SMILES string of the molecule is COc1ccc(-c2ccc3ncn(Cc4cn(Cc5ccccc5)nn4)c(=O)c3c2)cc1. The summed E-state index contributed by atoms with van der Waals surface area (Å²) in [5.41, 5.74) is 4.35. The van der Waals surface area contributed by atoms with Gasteiger partial charge in [0, 0.05) is 0 Å². The number of nitrogens with zero attached hydrogens (tertiary/aromatic N) is 5. The number of benzene rings is 3. The molecule has 0 saturated heterocycles. The van der Waals surface area contributed by atoms with E-state index in [4.69, 9.17) is 4.74 Å². The predicted octanol–water partition coefficient (Wildman–Crippen LogP) is 3.76. The van der Waals surface area contributed by atoms with E-state index in [1.807, 2.05) is 79.0 Å². The van der Waals surface area contributed by atoms with E-state index in [1.54, 1.807) is 22.7 Å². The molecule has 0 saturated carbocycles. The van der Waals surface area contributed by atoms with Gasteiger partial charge in [-0.25, -0.2) is 9.67 Å². The number of aromatic nitrogens is 5. The zero-order valence-corrected chi connectivity index (χ0v) is 17.5. The van der Waals surface area contributed by atoms with Crippen molar-refractivity contribution in [3.8, 4) is 16.9 Å². The third-order valence-corrected chi connectivity index (χ3v) is 5.35. The highest BCUT2D eigenvalue weighted by Crippen LogP contribution is 2.24. The molecule has 2 heterocycles. The molecule has 3 aromatic carbocycles. The number of methoxy groups -OCH3 is 1. The molecule has 0 spiro atoms. The summed E-state index contributed by atoms with van der Waals surface area (Å²) < 4.78 is 8.56. The quantitative estimate of drug-likeness (QED) is 0.416. The number of rotatable bonds is 6. The minimum atomic E-state index is -0.108. The van der Waals surface area contributed by atoms with Crippen LogP contribution in [0.2, 0.25) is 0 Å². The first-order valence-electron chi connectivity index (χ1n) is 10.3. The molecular weight excluding hydrogens is 402 g/mol. The fourth-order valence-corrected chi connectivity index (χ4v) is 3.67. The summed E-state index contributed by atoms with van der Waals surface area (Å²) in [6.45, 7) is 0.938. The van der Waals surface area contributed by atoms with Crippen LogP contribution in [0.3, 0.4) is 0 Å². The van der Waals surface area contributed by atoms with Crippen molar-refractivity contribution in [2.75, 3.05) is 7.11 Å². The van der Waals surface area contributed by atoms with Crippen LogP contribution in [0.1, 0.15) is 11.3 Å². The van der Waals surface area contributed by atoms with Gasteiger partial charge in [-0.2, -0.15) is 0 Å². The topological polar surface area (TPSA) is 74.8 Å². The van der Waals surface area contributed by atoms with Gasteiger partial charge in [0.05, 0.1) is 43.6 Å². The van der Waals surface area contributed by atoms with E-state index in [0.717, 1.165) is 22.4 Å². The van der Waals surface area contributed by atoms with Gasteiger partial charge < -0.3 is 4.74 Å². The first-order valence-corrected chi connectivity index (χ1v) is 10.3. The lowest BCUT2D eigenvalue weighted by molar-refractivity contribution is 0.415. The Labute approximate surface area is 184 Å². The van der Waals surface area contributed by atoms with Crippen molar-refractivity contribution < 1.29 is 4.74 Å². The summed E-state index contributed by atoms with van der Waals surface area (Å²) >= 11 is 0. The Kier molecular flexibility index (Phi) is 5.21. The second-order valence-electron chi connectivity index (χ2n) is 7.53. The molecule has 0 radical (unpaired) electrons. The average molecular weight is 423 g/mol. The molecule has 0 aliphatic carbocycles. The molecule has 2 aromatic heterocycles. The van der Waals surface area contributed by atoms with Crippen LogP contribution >= 0.6 is 0 Å². The number of fused-ring (bicyclic) bond motifs is 1. The highest BCUT2D eigenvalue weighted by molar-refractivity contribution is 5.83. The fourth-order valence-electron chi connectivity index (χ4n) is 3.67. The van der Waals surface area contributed by atoms with Gasteiger partial charge in [-0.15, -0.1) is 5.10 Å². The third-order valence-electron chi connectivity index (χ3n) is 5.35. The predicted molar refractivity (Wildman–Crippen MR) is 123 cm³/mol. The molecule has 0 bridgehead atoms. The fraction of sp³-hybridized carbons (Fsp3) is 0.120. The van der Waals surface area contributed by atoms with E-state index in [-0.39, 0.29) is 5.56 Å². The molecule has 32 heavy (non-hydrogen) atoms. The maximum atomic E-state index is 13.2. The maximum Gasteiger partial charge on any atom is 0.261 e. The molecule has 5 rings (SSSR count). The summed E-state index contributed by atoms with van der Waals surface area (Å²) in [6, 6.07) is 23.5. The van der Waals surface area contributed by atoms with E-state index < -0.39 is 0 Å². The van der Waals surface area contributed by atoms with Gasteiger partial charge in [0.2, 0.25) is 0 Å². The third kappa shape index (κ3) is 4.00. The lowest BCUT2D eigenvalue weighted by Gasteiger charge is -2.07. The molecule has 0 aliphatic heterocycles. The van der Waals surface area contributed by atoms with Gasteiger partial charge >= 0.3 is 0 Å². The molecule has 0 atom stereocenters. The van der Waals surface area contributed by atoms with Crippen LogP contribution in [0.15, 0.2) is 90.1 Å². The van der Waals surface area contributed by atoms with E-state index in [2.05, 4.69) is 15.3 Å². The molecule has 7 heteroatoms. The first-order chi connectivity index (χ1) is 15.7. The van der Waals surface area contributed by atoms with E-state index in [1.165, 1.54) is 0 Å². The van der Waals surface area contributed by atoms with Crippen LogP contribution in [0.5, 0.6) is 5.75 Å². The van der Waals surface area contributed by atoms with Crippen LogP contribution in [-0.4, -0.2) is 31.7 Å². The standard InChI is InChI=1S/C25H21N5O2/c1-32-22-10-7-19(8-11-22)20-9-12-24-23(13-20)25(31)29(17-26-24)15-21-16-30(28-27-21)14-18-5-3-2-4-6-18/h2-13,16-17H,14-15H2,1H3. The maximum absolute atomic E-state index is 13.2. The molecule has 0 aliphatic rings. The van der Waals surface area contributed by atoms with Crippen molar-refractivity contribution in [1.29, 1.82) is 0 Å². The van der Waals surface area contributed by atoms with Crippen molar-refractivity contribution in [3.63, 3.8) is 0 Å². The number of hydrogen-bond acceptors (Lipinski definition) is 5. The van der Waals surface area contributed by atoms with E-state index >= 15 is 0 Å². The first kappa shape index (κ1) is 19.7. The Balaban J connectivity index is 1.42. The number of hydrogen-bond donors (Lipinski definition) is 0. The van der Waals surface area contributed by atoms with Crippen LogP contribution in [0.4, 0.5) is 0 Å². The highest BCUT2D eigenvalue weighted by Gasteiger charge is 2.09. The van der Waals surface area contributed by atoms with Crippen LogP contribution < -0.4 is 10.3 Å². The Hall–Kier alpha value is -4.26. The molecule has 158 valence electrons. The zero-order chi connectivity index (χ0) is 21.9. The minimum absolute atomic E-state index is 0.108. The Bertz CT molecular complexity index is 1420. The van der Waals surface area contributed by atoms with Crippen molar-refractivity contribution in [2.45, 2.75) is 13.1 Å². The monoisotopic (exact) mass is 423 g/mol. The second kappa shape index (κ2) is 8.47. The lowest BCUT2D eigenvalue weighted by atomic mass is 10.0. The molecule has 0 fully saturated rings. The van der Waals surface area contributed by atoms with Crippen molar-refractivity contribution in [1.82, 2.24) is 24.5 Å². The van der Waals surface area contributed by atoms with Gasteiger partial charge in [0.15, 0.2) is 0 Å². The van der Waals surface area contributed by atoms with Gasteiger partial charge in [-0.05, 0) is 41.0 Å². The Morgan fingerprint density at radius 3 is 2.47 bits per heavy atom. The minimum Gasteiger partial charge on any atom is -0.497 e. The highest BCUT2D eigenvalue weighted by atomic mass is 16.5. The van der Waals surface area contributed by atoms with Crippen molar-refractivity contribution in [3.05, 3.63) is 107 Å². The molecule has 7 nitrogen and oxygen atoms in total. The van der Waals surface area contributed by atoms with Gasteiger partial charge in [0.1, 0.15) is 11.4 Å². The molecule has 5 aromatic rings. The van der Waals surface area contributed by atoms with E-state index in [0.29, 0.717) is 29.7 Å². The van der Waals surface area contributed by atoms with Crippen molar-refractivity contribution in [2.24, 2.45) is 0 Å². The number of ether oxygens (including phenoxy) is 1. The lowest BCUT2D eigenvalue weighted by Crippen LogP contribution is -2.21. The molecular formula is C25H21N5O2. The van der Waals surface area contributed by atoms with E-state index in [9.17, 15) is 4.79 Å². The average Bonchev–Trinajstić information content (AvgIpc) is 3.28. The van der Waals surface area contributed by atoms with Crippen molar-refractivity contribution >= 4 is 10.9 Å². The van der Waals surface area contributed by atoms with Crippen LogP contribution in [0.25, 0.3) is 22.0 Å². The van der Waals surface area contributed by atoms with Crippen LogP contribution in [0, 0.1) is 0 Å². The smallest absolute Gasteiger partial charge is 0.261 e. The summed E-state index contributed by atoms with van der Waals surface area (Å²) in [7, 11) is 1.64. The molecule has 0 amide bonds. The normalized spacial score (nSPS) is 11.0. The Morgan fingerprint density at radius 2 is 1.69 bits per heavy atom. The summed E-state index contributed by atoms with van der Waals surface area (Å²) in [5.74, 6) is 0.791. The van der Waals surface area contributed by atoms with Gasteiger partial charge in [-0.1, -0.05) is 53.7 Å². The van der Waals surface area contributed by atoms with Gasteiger partial charge in [-0.3, -0.25) is 9.36 Å². The van der Waals surface area contributed by atoms with Crippen LogP contribution in [-0.2, 0) is 13.1 Å². The largest absolute Gasteiger partial charge is 0.497 e. The Morgan fingerprint density at radius 1 is 0.906 bits per heavy atom. The molecule has 0 unspecified atom stereocenters. The zero-order valence-electron chi connectivity index (χ0n) is 17.5. The summed E-state index contributed by atoms with van der Waals surface area (Å²) in [5, 5.41) is 8.98. The van der Waals surface area contributed by atoms with Gasteiger partial charge in [0.25, 0.3) is 5.56 Å². The second-order valence-corrected chi connectivity index (χ2v) is 7.53. The summed E-state index contributed by atoms with van der Waals surface area (Å²) in [4.78, 5) is 17.6. The summed E-state index contributed by atoms with van der Waals surface area (Å²) in [6.07, 6.45) is 3.42. The molecule has 0 N–H and O–H groups in total.